The van der Waals surface area contributed by atoms with Crippen molar-refractivity contribution in [2.24, 2.45) is 0 Å². The normalized spacial score (nSPS) is 19.2. The van der Waals surface area contributed by atoms with Gasteiger partial charge in [-0.15, -0.1) is 0 Å². The van der Waals surface area contributed by atoms with Crippen LogP contribution in [-0.4, -0.2) is 17.8 Å². The molecular formula is C5H10NNa2O3P. The van der Waals surface area contributed by atoms with Crippen LogP contribution in [-0.2, 0) is 4.57 Å². The summed E-state index contributed by atoms with van der Waals surface area (Å²) < 4.78 is 11.4. The van der Waals surface area contributed by atoms with Gasteiger partial charge < -0.3 is 14.4 Å². The molecule has 0 N–H and O–H groups in total. The molecule has 0 spiro atoms. The Morgan fingerprint density at radius 2 is 1.42 bits per heavy atom. The molecule has 7 heteroatoms. The van der Waals surface area contributed by atoms with E-state index in [9.17, 15) is 14.4 Å². The molecule has 0 aliphatic carbocycles. The van der Waals surface area contributed by atoms with Crippen molar-refractivity contribution in [1.82, 2.24) is 4.67 Å². The third-order valence-corrected chi connectivity index (χ3v) is 2.77. The smallest absolute Gasteiger partial charge is 0.799 e. The van der Waals surface area contributed by atoms with E-state index in [1.165, 1.54) is 0 Å². The monoisotopic (exact) mass is 209 g/mol. The Kier molecular flexibility index (Phi) is 10.2. The summed E-state index contributed by atoms with van der Waals surface area (Å²) >= 11 is 0. The van der Waals surface area contributed by atoms with Crippen LogP contribution in [0.15, 0.2) is 0 Å². The molecule has 12 heavy (non-hydrogen) atoms. The van der Waals surface area contributed by atoms with Crippen LogP contribution in [0.5, 0.6) is 0 Å². The first-order chi connectivity index (χ1) is 4.61. The molecule has 0 bridgehead atoms. The topological polar surface area (TPSA) is 66.4 Å². The SMILES string of the molecule is O=P([O-])([O-])N1CCCCC1.[Na+].[Na+]. The Bertz CT molecular complexity index is 157. The maximum Gasteiger partial charge on any atom is 1.00 e. The fraction of sp³-hybridized carbons (Fsp3) is 1.00. The van der Waals surface area contributed by atoms with Crippen molar-refractivity contribution in [3.05, 3.63) is 0 Å². The molecule has 1 rings (SSSR count). The van der Waals surface area contributed by atoms with Gasteiger partial charge in [-0.05, 0) is 12.8 Å². The van der Waals surface area contributed by atoms with Gasteiger partial charge in [0.1, 0.15) is 0 Å². The third-order valence-electron chi connectivity index (χ3n) is 1.68. The summed E-state index contributed by atoms with van der Waals surface area (Å²) in [6, 6.07) is 0. The molecule has 0 aromatic carbocycles. The summed E-state index contributed by atoms with van der Waals surface area (Å²) in [6.45, 7) is 0.842. The predicted molar refractivity (Wildman–Crippen MR) is 33.0 cm³/mol. The second-order valence-corrected chi connectivity index (χ2v) is 3.99. The molecule has 0 amide bonds. The zero-order valence-electron chi connectivity index (χ0n) is 7.65. The van der Waals surface area contributed by atoms with Gasteiger partial charge in [-0.3, -0.25) is 4.67 Å². The summed E-state index contributed by atoms with van der Waals surface area (Å²) in [5.74, 6) is 0. The van der Waals surface area contributed by atoms with Crippen molar-refractivity contribution in [2.45, 2.75) is 19.3 Å². The maximum atomic E-state index is 10.4. The Balaban J connectivity index is 0. The van der Waals surface area contributed by atoms with E-state index in [2.05, 4.69) is 0 Å². The molecule has 0 radical (unpaired) electrons. The van der Waals surface area contributed by atoms with Crippen molar-refractivity contribution in [1.29, 1.82) is 0 Å². The largest absolute Gasteiger partial charge is 1.00 e. The van der Waals surface area contributed by atoms with Crippen molar-refractivity contribution >= 4 is 7.75 Å². The number of rotatable bonds is 1. The first-order valence-electron chi connectivity index (χ1n) is 3.38. The average Bonchev–Trinajstić information content (AvgIpc) is 1.88. The molecule has 4 nitrogen and oxygen atoms in total. The average molecular weight is 209 g/mol. The Hall–Kier alpha value is 2.11. The van der Waals surface area contributed by atoms with E-state index in [4.69, 9.17) is 0 Å². The minimum Gasteiger partial charge on any atom is -0.799 e. The first-order valence-corrected chi connectivity index (χ1v) is 4.88. The Morgan fingerprint density at radius 3 is 1.67 bits per heavy atom. The summed E-state index contributed by atoms with van der Waals surface area (Å²) in [5, 5.41) is 0. The minimum atomic E-state index is -4.41. The molecule has 1 saturated heterocycles. The molecule has 0 atom stereocenters. The molecule has 1 heterocycles. The third kappa shape index (κ3) is 5.76. The molecule has 0 aromatic heterocycles. The zero-order valence-corrected chi connectivity index (χ0v) is 12.5. The standard InChI is InChI=1S/C5H12NO3P.2Na/c7-10(8,9)6-4-2-1-3-5-6;;/h1-5H2,(H2,7,8,9);;/q;2*+1/p-2. The van der Waals surface area contributed by atoms with E-state index >= 15 is 0 Å². The summed E-state index contributed by atoms with van der Waals surface area (Å²) in [5.41, 5.74) is 0. The molecule has 1 aliphatic heterocycles. The van der Waals surface area contributed by atoms with Crippen molar-refractivity contribution < 1.29 is 73.5 Å². The Labute approximate surface area is 117 Å². The van der Waals surface area contributed by atoms with Crippen LogP contribution in [0.3, 0.4) is 0 Å². The van der Waals surface area contributed by atoms with Crippen LogP contribution in [0.4, 0.5) is 0 Å². The van der Waals surface area contributed by atoms with Crippen molar-refractivity contribution in [2.75, 3.05) is 13.1 Å². The second-order valence-electron chi connectivity index (χ2n) is 2.48. The van der Waals surface area contributed by atoms with E-state index < -0.39 is 7.75 Å². The summed E-state index contributed by atoms with van der Waals surface area (Å²) in [7, 11) is -4.41. The fourth-order valence-electron chi connectivity index (χ4n) is 1.12. The van der Waals surface area contributed by atoms with E-state index in [0.29, 0.717) is 13.1 Å². The van der Waals surface area contributed by atoms with Gasteiger partial charge in [0, 0.05) is 20.8 Å². The van der Waals surface area contributed by atoms with Crippen molar-refractivity contribution in [3.63, 3.8) is 0 Å². The summed E-state index contributed by atoms with van der Waals surface area (Å²) in [6.07, 6.45) is 2.69. The van der Waals surface area contributed by atoms with Gasteiger partial charge in [0.15, 0.2) is 0 Å². The van der Waals surface area contributed by atoms with Crippen LogP contribution in [0.25, 0.3) is 0 Å². The maximum absolute atomic E-state index is 10.4. The number of hydrogen-bond donors (Lipinski definition) is 0. The zero-order chi connectivity index (χ0) is 7.61. The van der Waals surface area contributed by atoms with Crippen LogP contribution in [0.1, 0.15) is 19.3 Å². The Morgan fingerprint density at radius 1 is 1.00 bits per heavy atom. The molecule has 0 saturated carbocycles. The first kappa shape index (κ1) is 16.5. The van der Waals surface area contributed by atoms with Gasteiger partial charge in [0.2, 0.25) is 0 Å². The van der Waals surface area contributed by atoms with Crippen molar-refractivity contribution in [3.8, 4) is 0 Å². The van der Waals surface area contributed by atoms with Gasteiger partial charge in [0.05, 0.1) is 0 Å². The van der Waals surface area contributed by atoms with Gasteiger partial charge in [-0.1, -0.05) is 6.42 Å². The predicted octanol–water partition coefficient (Wildman–Crippen LogP) is -6.69. The number of hydrogen-bond acceptors (Lipinski definition) is 3. The molecule has 60 valence electrons. The van der Waals surface area contributed by atoms with Gasteiger partial charge in [-0.2, -0.15) is 0 Å². The van der Waals surface area contributed by atoms with E-state index in [0.717, 1.165) is 23.9 Å². The number of piperidine rings is 1. The van der Waals surface area contributed by atoms with Gasteiger partial charge in [-0.25, -0.2) is 0 Å². The number of nitrogens with zero attached hydrogens (tertiary/aromatic N) is 1. The van der Waals surface area contributed by atoms with Crippen LogP contribution >= 0.6 is 7.75 Å². The molecular weight excluding hydrogens is 199 g/mol. The van der Waals surface area contributed by atoms with Crippen LogP contribution in [0, 0.1) is 0 Å². The summed E-state index contributed by atoms with van der Waals surface area (Å²) in [4.78, 5) is 20.8. The van der Waals surface area contributed by atoms with Crippen LogP contribution < -0.4 is 68.9 Å². The molecule has 0 aromatic rings. The quantitative estimate of drug-likeness (QED) is 0.318. The van der Waals surface area contributed by atoms with E-state index in [1.54, 1.807) is 0 Å². The van der Waals surface area contributed by atoms with Crippen LogP contribution in [0.2, 0.25) is 0 Å². The van der Waals surface area contributed by atoms with E-state index in [-0.39, 0.29) is 59.1 Å². The van der Waals surface area contributed by atoms with Gasteiger partial charge in [0.25, 0.3) is 0 Å². The van der Waals surface area contributed by atoms with Gasteiger partial charge >= 0.3 is 59.1 Å². The van der Waals surface area contributed by atoms with E-state index in [1.807, 2.05) is 0 Å². The molecule has 1 aliphatic rings. The molecule has 0 unspecified atom stereocenters. The second kappa shape index (κ2) is 7.41. The fourth-order valence-corrected chi connectivity index (χ4v) is 1.89. The minimum absolute atomic E-state index is 0. The molecule has 1 fully saturated rings.